The second kappa shape index (κ2) is 9.19. The second-order valence-electron chi connectivity index (χ2n) is 8.63. The number of ketones is 1. The Balaban J connectivity index is 1.41. The number of nitrogens with zero attached hydrogens (tertiary/aromatic N) is 5. The summed E-state index contributed by atoms with van der Waals surface area (Å²) in [6.07, 6.45) is 7.54. The lowest BCUT2D eigenvalue weighted by Crippen LogP contribution is -2.30. The molecule has 5 rings (SSSR count). The van der Waals surface area contributed by atoms with Gasteiger partial charge in [0, 0.05) is 36.3 Å². The maximum Gasteiger partial charge on any atom is 0.170 e. The zero-order valence-corrected chi connectivity index (χ0v) is 18.7. The van der Waals surface area contributed by atoms with Crippen molar-refractivity contribution < 1.29 is 9.18 Å². The Labute approximate surface area is 192 Å². The fourth-order valence-electron chi connectivity index (χ4n) is 4.42. The Morgan fingerprint density at radius 1 is 1.03 bits per heavy atom. The van der Waals surface area contributed by atoms with E-state index in [4.69, 9.17) is 0 Å². The topological polar surface area (TPSA) is 63.9 Å². The number of rotatable bonds is 6. The number of piperidine rings is 1. The van der Waals surface area contributed by atoms with E-state index in [9.17, 15) is 9.18 Å². The Kier molecular flexibility index (Phi) is 5.96. The summed E-state index contributed by atoms with van der Waals surface area (Å²) in [5.74, 6) is -0.0497. The van der Waals surface area contributed by atoms with Crippen LogP contribution in [0.3, 0.4) is 0 Å². The number of likely N-dealkylation sites (tertiary alicyclic amines) is 1. The quantitative estimate of drug-likeness (QED) is 0.408. The van der Waals surface area contributed by atoms with Crippen molar-refractivity contribution in [2.45, 2.75) is 32.2 Å². The molecule has 4 aromatic rings. The lowest BCUT2D eigenvalue weighted by Gasteiger charge is -2.26. The lowest BCUT2D eigenvalue weighted by molar-refractivity contribution is 0.0991. The molecule has 33 heavy (non-hydrogen) atoms. The van der Waals surface area contributed by atoms with Crippen LogP contribution in [0.25, 0.3) is 22.0 Å². The molecule has 1 saturated heterocycles. The largest absolute Gasteiger partial charge is 0.298 e. The van der Waals surface area contributed by atoms with Gasteiger partial charge in [-0.3, -0.25) is 14.4 Å². The lowest BCUT2D eigenvalue weighted by atomic mass is 10.0. The molecule has 0 unspecified atom stereocenters. The zero-order chi connectivity index (χ0) is 22.8. The van der Waals surface area contributed by atoms with E-state index in [1.54, 1.807) is 6.20 Å². The minimum absolute atomic E-state index is 0.0684. The van der Waals surface area contributed by atoms with Gasteiger partial charge in [-0.15, -0.1) is 0 Å². The summed E-state index contributed by atoms with van der Waals surface area (Å²) in [7, 11) is 1.99. The van der Waals surface area contributed by atoms with Crippen molar-refractivity contribution >= 4 is 16.7 Å². The van der Waals surface area contributed by atoms with Gasteiger partial charge in [0.1, 0.15) is 11.6 Å². The number of aryl methyl sites for hydroxylation is 1. The highest BCUT2D eigenvalue weighted by Crippen LogP contribution is 2.28. The van der Waals surface area contributed by atoms with E-state index in [0.717, 1.165) is 41.7 Å². The summed E-state index contributed by atoms with van der Waals surface area (Å²) in [6, 6.07) is 11.7. The minimum atomic E-state index is -0.365. The third kappa shape index (κ3) is 4.68. The molecular weight excluding hydrogens is 417 g/mol. The highest BCUT2D eigenvalue weighted by Gasteiger charge is 2.17. The number of hydrogen-bond acceptors (Lipinski definition) is 5. The normalized spacial score (nSPS) is 14.6. The molecule has 1 aliphatic heterocycles. The summed E-state index contributed by atoms with van der Waals surface area (Å²) in [5, 5.41) is 5.44. The third-order valence-corrected chi connectivity index (χ3v) is 6.31. The molecule has 0 spiro atoms. The molecule has 3 heterocycles. The van der Waals surface area contributed by atoms with Crippen LogP contribution in [-0.2, 0) is 20.0 Å². The molecule has 1 aliphatic rings. The molecular formula is C26H26FN5O. The first-order valence-electron chi connectivity index (χ1n) is 11.3. The van der Waals surface area contributed by atoms with E-state index >= 15 is 0 Å². The molecule has 2 aromatic carbocycles. The maximum absolute atomic E-state index is 13.1. The van der Waals surface area contributed by atoms with Crippen LogP contribution in [0.15, 0.2) is 54.9 Å². The number of halogens is 1. The van der Waals surface area contributed by atoms with Crippen molar-refractivity contribution in [3.05, 3.63) is 77.8 Å². The van der Waals surface area contributed by atoms with Gasteiger partial charge in [-0.1, -0.05) is 18.6 Å². The molecule has 168 valence electrons. The summed E-state index contributed by atoms with van der Waals surface area (Å²) >= 11 is 0. The zero-order valence-electron chi connectivity index (χ0n) is 18.7. The van der Waals surface area contributed by atoms with Crippen molar-refractivity contribution in [3.8, 4) is 11.1 Å². The summed E-state index contributed by atoms with van der Waals surface area (Å²) in [4.78, 5) is 24.1. The summed E-state index contributed by atoms with van der Waals surface area (Å²) in [5.41, 5.74) is 4.59. The van der Waals surface area contributed by atoms with Gasteiger partial charge in [0.15, 0.2) is 5.78 Å². The highest BCUT2D eigenvalue weighted by atomic mass is 19.1. The van der Waals surface area contributed by atoms with Gasteiger partial charge < -0.3 is 0 Å². The van der Waals surface area contributed by atoms with Crippen molar-refractivity contribution in [1.82, 2.24) is 24.6 Å². The second-order valence-corrected chi connectivity index (χ2v) is 8.63. The average molecular weight is 444 g/mol. The van der Waals surface area contributed by atoms with Crippen molar-refractivity contribution in [3.63, 3.8) is 0 Å². The standard InChI is InChI=1S/C26H26FN5O/c1-31-24(17-32-11-3-2-4-12-32)22(16-29-31)19-5-6-20-15-28-26(30-23(20)13-19)14-25(33)18-7-9-21(27)10-8-18/h5-10,13,15-16H,2-4,11-12,14,17H2,1H3. The average Bonchev–Trinajstić information content (AvgIpc) is 3.19. The first-order valence-corrected chi connectivity index (χ1v) is 11.3. The maximum atomic E-state index is 13.1. The Morgan fingerprint density at radius 2 is 1.82 bits per heavy atom. The first kappa shape index (κ1) is 21.4. The molecule has 2 aromatic heterocycles. The number of hydrogen-bond donors (Lipinski definition) is 0. The Bertz CT molecular complexity index is 1290. The van der Waals surface area contributed by atoms with Gasteiger partial charge >= 0.3 is 0 Å². The molecule has 0 atom stereocenters. The van der Waals surface area contributed by atoms with Gasteiger partial charge in [-0.05, 0) is 61.8 Å². The van der Waals surface area contributed by atoms with Crippen LogP contribution >= 0.6 is 0 Å². The monoisotopic (exact) mass is 443 g/mol. The molecule has 0 N–H and O–H groups in total. The fourth-order valence-corrected chi connectivity index (χ4v) is 4.42. The van der Waals surface area contributed by atoms with Crippen molar-refractivity contribution in [2.24, 2.45) is 7.05 Å². The first-order chi connectivity index (χ1) is 16.1. The van der Waals surface area contributed by atoms with Crippen LogP contribution in [0.2, 0.25) is 0 Å². The van der Waals surface area contributed by atoms with Crippen molar-refractivity contribution in [1.29, 1.82) is 0 Å². The van der Waals surface area contributed by atoms with Gasteiger partial charge in [0.05, 0.1) is 23.8 Å². The number of benzene rings is 2. The van der Waals surface area contributed by atoms with Crippen LogP contribution in [0.5, 0.6) is 0 Å². The van der Waals surface area contributed by atoms with E-state index < -0.39 is 0 Å². The summed E-state index contributed by atoms with van der Waals surface area (Å²) in [6.45, 7) is 3.13. The number of carbonyl (C=O) groups is 1. The third-order valence-electron chi connectivity index (χ3n) is 6.31. The molecule has 0 radical (unpaired) electrons. The Hall–Kier alpha value is -3.45. The highest BCUT2D eigenvalue weighted by molar-refractivity contribution is 5.97. The van der Waals surface area contributed by atoms with Crippen molar-refractivity contribution in [2.75, 3.05) is 13.1 Å². The van der Waals surface area contributed by atoms with E-state index in [-0.39, 0.29) is 18.0 Å². The fraction of sp³-hybridized carbons (Fsp3) is 0.308. The summed E-state index contributed by atoms with van der Waals surface area (Å²) < 4.78 is 15.1. The molecule has 1 fully saturated rings. The van der Waals surface area contributed by atoms with Gasteiger partial charge in [0.25, 0.3) is 0 Å². The van der Waals surface area contributed by atoms with Crippen LogP contribution < -0.4 is 0 Å². The molecule has 0 aliphatic carbocycles. The van der Waals surface area contributed by atoms with Crippen LogP contribution in [0.4, 0.5) is 4.39 Å². The molecule has 6 nitrogen and oxygen atoms in total. The van der Waals surface area contributed by atoms with Gasteiger partial charge in [0.2, 0.25) is 0 Å². The van der Waals surface area contributed by atoms with Crippen LogP contribution in [-0.4, -0.2) is 43.5 Å². The molecule has 0 bridgehead atoms. The number of fused-ring (bicyclic) bond motifs is 1. The minimum Gasteiger partial charge on any atom is -0.298 e. The number of aromatic nitrogens is 4. The van der Waals surface area contributed by atoms with E-state index in [0.29, 0.717) is 11.4 Å². The van der Waals surface area contributed by atoms with E-state index in [1.165, 1.54) is 49.2 Å². The molecule has 0 amide bonds. The van der Waals surface area contributed by atoms with Gasteiger partial charge in [-0.25, -0.2) is 14.4 Å². The molecule has 0 saturated carbocycles. The number of Topliss-reactive ketones (excluding diaryl/α,β-unsaturated/α-hetero) is 1. The predicted octanol–water partition coefficient (Wildman–Crippen LogP) is 4.58. The van der Waals surface area contributed by atoms with Crippen LogP contribution in [0, 0.1) is 5.82 Å². The Morgan fingerprint density at radius 3 is 2.61 bits per heavy atom. The van der Waals surface area contributed by atoms with E-state index in [2.05, 4.69) is 26.0 Å². The number of carbonyl (C=O) groups excluding carboxylic acids is 1. The van der Waals surface area contributed by atoms with Gasteiger partial charge in [-0.2, -0.15) is 5.10 Å². The predicted molar refractivity (Wildman–Crippen MR) is 125 cm³/mol. The SMILES string of the molecule is Cn1ncc(-c2ccc3cnc(CC(=O)c4ccc(F)cc4)nc3c2)c1CN1CCCCC1. The molecule has 7 heteroatoms. The van der Waals surface area contributed by atoms with E-state index in [1.807, 2.05) is 30.1 Å². The van der Waals surface area contributed by atoms with Crippen LogP contribution in [0.1, 0.15) is 41.1 Å². The smallest absolute Gasteiger partial charge is 0.170 e.